The van der Waals surface area contributed by atoms with Crippen LogP contribution in [0.1, 0.15) is 69.0 Å². The van der Waals surface area contributed by atoms with Crippen LogP contribution in [0.5, 0.6) is 0 Å². The number of carbonyl (C=O) groups excluding carboxylic acids is 1. The summed E-state index contributed by atoms with van der Waals surface area (Å²) < 4.78 is 35.0. The summed E-state index contributed by atoms with van der Waals surface area (Å²) in [5.74, 6) is 0.285. The van der Waals surface area contributed by atoms with Crippen LogP contribution in [-0.4, -0.2) is 53.0 Å². The van der Waals surface area contributed by atoms with Gasteiger partial charge in [-0.25, -0.2) is 13.4 Å². The summed E-state index contributed by atoms with van der Waals surface area (Å²) in [5.41, 5.74) is 0.215. The van der Waals surface area contributed by atoms with Crippen LogP contribution in [0.2, 0.25) is 5.15 Å². The second-order valence-electron chi connectivity index (χ2n) is 8.81. The Kier molecular flexibility index (Phi) is 8.78. The number of methoxy groups -OCH3 is 1. The molecule has 0 bridgehead atoms. The number of hydrogen-bond donors (Lipinski definition) is 1. The van der Waals surface area contributed by atoms with Gasteiger partial charge in [0.2, 0.25) is 10.0 Å². The van der Waals surface area contributed by atoms with Gasteiger partial charge in [0, 0.05) is 20.0 Å². The average Bonchev–Trinajstić information content (AvgIpc) is 3.15. The lowest BCUT2D eigenvalue weighted by Gasteiger charge is -2.40. The maximum atomic E-state index is 13.5. The van der Waals surface area contributed by atoms with E-state index in [9.17, 15) is 18.3 Å². The Morgan fingerprint density at radius 1 is 1.24 bits per heavy atom. The number of likely N-dealkylation sites (N-methyl/N-ethyl adjacent to an activating group) is 1. The Hall–Kier alpha value is -1.94. The van der Waals surface area contributed by atoms with Crippen molar-refractivity contribution in [3.05, 3.63) is 46.5 Å². The number of aliphatic hydroxyl groups excluding tert-OH is 1. The molecule has 2 aromatic rings. The van der Waals surface area contributed by atoms with Gasteiger partial charge in [-0.2, -0.15) is 4.31 Å². The van der Waals surface area contributed by atoms with Crippen molar-refractivity contribution in [3.8, 4) is 0 Å². The molecule has 1 aromatic heterocycles. The number of unbranched alkanes of at least 4 members (excludes halogenated alkanes) is 1. The van der Waals surface area contributed by atoms with Crippen molar-refractivity contribution in [2.24, 2.45) is 0 Å². The first-order valence-electron chi connectivity index (χ1n) is 11.7. The van der Waals surface area contributed by atoms with Gasteiger partial charge in [0.15, 0.2) is 5.15 Å². The Labute approximate surface area is 206 Å². The van der Waals surface area contributed by atoms with Crippen molar-refractivity contribution >= 4 is 27.6 Å². The number of esters is 1. The van der Waals surface area contributed by atoms with Gasteiger partial charge in [0.25, 0.3) is 0 Å². The molecule has 0 aliphatic heterocycles. The van der Waals surface area contributed by atoms with Crippen molar-refractivity contribution in [3.63, 3.8) is 0 Å². The molecule has 1 heterocycles. The first-order chi connectivity index (χ1) is 16.2. The van der Waals surface area contributed by atoms with Crippen LogP contribution in [-0.2, 0) is 39.1 Å². The van der Waals surface area contributed by atoms with Gasteiger partial charge < -0.3 is 14.4 Å². The highest BCUT2D eigenvalue weighted by molar-refractivity contribution is 7.89. The zero-order valence-corrected chi connectivity index (χ0v) is 21.7. The van der Waals surface area contributed by atoms with Crippen molar-refractivity contribution in [1.82, 2.24) is 13.9 Å². The lowest BCUT2D eigenvalue weighted by Crippen LogP contribution is -2.56. The third-order valence-electron chi connectivity index (χ3n) is 6.78. The van der Waals surface area contributed by atoms with E-state index in [1.807, 2.05) is 4.57 Å². The van der Waals surface area contributed by atoms with Crippen molar-refractivity contribution in [1.29, 1.82) is 0 Å². The summed E-state index contributed by atoms with van der Waals surface area (Å²) in [6.07, 6.45) is 6.09. The first kappa shape index (κ1) is 26.7. The zero-order chi connectivity index (χ0) is 24.9. The molecule has 34 heavy (non-hydrogen) atoms. The molecular weight excluding hydrogens is 478 g/mol. The smallest absolute Gasteiger partial charge is 0.327 e. The fourth-order valence-corrected chi connectivity index (χ4v) is 6.45. The number of benzene rings is 1. The lowest BCUT2D eigenvalue weighted by atomic mass is 9.82. The third-order valence-corrected chi connectivity index (χ3v) is 9.02. The summed E-state index contributed by atoms with van der Waals surface area (Å²) in [5, 5.41) is 10.1. The topological polar surface area (TPSA) is 102 Å². The van der Waals surface area contributed by atoms with E-state index in [1.54, 1.807) is 24.3 Å². The Bertz CT molecular complexity index is 1090. The Morgan fingerprint density at radius 3 is 2.44 bits per heavy atom. The van der Waals surface area contributed by atoms with Gasteiger partial charge in [-0.1, -0.05) is 56.3 Å². The maximum Gasteiger partial charge on any atom is 0.327 e. The van der Waals surface area contributed by atoms with Gasteiger partial charge in [0.1, 0.15) is 11.4 Å². The number of ether oxygens (including phenoxy) is 1. The highest BCUT2D eigenvalue weighted by Gasteiger charge is 2.49. The number of aryl methyl sites for hydroxylation is 1. The predicted octanol–water partition coefficient (Wildman–Crippen LogP) is 3.92. The molecule has 3 rings (SSSR count). The lowest BCUT2D eigenvalue weighted by molar-refractivity contribution is -0.153. The van der Waals surface area contributed by atoms with Crippen molar-refractivity contribution in [2.45, 2.75) is 81.9 Å². The molecule has 0 atom stereocenters. The zero-order valence-electron chi connectivity index (χ0n) is 20.1. The standard InChI is InChI=1S/C24H34ClN3O5S/c1-4-5-9-21-26-22(25)20(17-29)28(21)16-18-10-12-19(13-11-18)34(31,32)27(2)24(23(30)33-3)14-7-6-8-15-24/h10-13,29H,4-9,14-17H2,1-3H3. The number of halogens is 1. The summed E-state index contributed by atoms with van der Waals surface area (Å²) >= 11 is 6.23. The summed E-state index contributed by atoms with van der Waals surface area (Å²) in [6.45, 7) is 2.28. The van der Waals surface area contributed by atoms with Crippen molar-refractivity contribution in [2.75, 3.05) is 14.2 Å². The molecule has 1 fully saturated rings. The van der Waals surface area contributed by atoms with E-state index in [0.29, 0.717) is 25.1 Å². The van der Waals surface area contributed by atoms with Crippen LogP contribution in [0.25, 0.3) is 0 Å². The Morgan fingerprint density at radius 2 is 1.88 bits per heavy atom. The normalized spacial score (nSPS) is 16.1. The minimum Gasteiger partial charge on any atom is -0.468 e. The van der Waals surface area contributed by atoms with Crippen LogP contribution in [0.4, 0.5) is 0 Å². The van der Waals surface area contributed by atoms with E-state index < -0.39 is 21.5 Å². The number of imidazole rings is 1. The van der Waals surface area contributed by atoms with Crippen LogP contribution >= 0.6 is 11.6 Å². The molecule has 0 unspecified atom stereocenters. The van der Waals surface area contributed by atoms with Crippen molar-refractivity contribution < 1.29 is 23.1 Å². The molecule has 188 valence electrons. The maximum absolute atomic E-state index is 13.5. The molecule has 0 spiro atoms. The molecule has 1 aromatic carbocycles. The average molecular weight is 512 g/mol. The van der Waals surface area contributed by atoms with E-state index in [4.69, 9.17) is 16.3 Å². The number of carbonyl (C=O) groups is 1. The number of aromatic nitrogens is 2. The van der Waals surface area contributed by atoms with Gasteiger partial charge in [-0.05, 0) is 37.0 Å². The van der Waals surface area contributed by atoms with Crippen LogP contribution in [0.3, 0.4) is 0 Å². The molecule has 1 aliphatic rings. The quantitative estimate of drug-likeness (QED) is 0.485. The van der Waals surface area contributed by atoms with E-state index in [1.165, 1.54) is 18.5 Å². The number of sulfonamides is 1. The predicted molar refractivity (Wildman–Crippen MR) is 130 cm³/mol. The van der Waals surface area contributed by atoms with Crippen LogP contribution in [0, 0.1) is 0 Å². The molecule has 8 nitrogen and oxygen atoms in total. The summed E-state index contributed by atoms with van der Waals surface area (Å²) in [7, 11) is -1.16. The minimum atomic E-state index is -3.92. The number of hydrogen-bond acceptors (Lipinski definition) is 6. The van der Waals surface area contributed by atoms with Crippen LogP contribution in [0.15, 0.2) is 29.2 Å². The molecule has 10 heteroatoms. The second-order valence-corrected chi connectivity index (χ2v) is 11.1. The molecule has 1 N–H and O–H groups in total. The highest BCUT2D eigenvalue weighted by Crippen LogP contribution is 2.37. The number of aliphatic hydroxyl groups is 1. The van der Waals surface area contributed by atoms with E-state index >= 15 is 0 Å². The molecular formula is C24H34ClN3O5S. The van der Waals surface area contributed by atoms with E-state index in [-0.39, 0.29) is 16.7 Å². The van der Waals surface area contributed by atoms with Gasteiger partial charge >= 0.3 is 5.97 Å². The van der Waals surface area contributed by atoms with Crippen LogP contribution < -0.4 is 0 Å². The molecule has 0 saturated heterocycles. The SMILES string of the molecule is CCCCc1nc(Cl)c(CO)n1Cc1ccc(S(=O)(=O)N(C)C2(C(=O)OC)CCCCC2)cc1. The number of rotatable bonds is 10. The summed E-state index contributed by atoms with van der Waals surface area (Å²) in [6, 6.07) is 6.59. The minimum absolute atomic E-state index is 0.116. The monoisotopic (exact) mass is 511 g/mol. The van der Waals surface area contributed by atoms with Gasteiger partial charge in [-0.15, -0.1) is 0 Å². The number of nitrogens with zero attached hydrogens (tertiary/aromatic N) is 3. The largest absolute Gasteiger partial charge is 0.468 e. The molecule has 0 radical (unpaired) electrons. The van der Waals surface area contributed by atoms with E-state index in [2.05, 4.69) is 11.9 Å². The molecule has 0 amide bonds. The molecule has 1 saturated carbocycles. The first-order valence-corrected chi connectivity index (χ1v) is 13.5. The van der Waals surface area contributed by atoms with Gasteiger partial charge in [-0.3, -0.25) is 4.79 Å². The summed E-state index contributed by atoms with van der Waals surface area (Å²) in [4.78, 5) is 17.2. The second kappa shape index (κ2) is 11.2. The third kappa shape index (κ3) is 5.17. The molecule has 1 aliphatic carbocycles. The van der Waals surface area contributed by atoms with E-state index in [0.717, 1.165) is 49.9 Å². The van der Waals surface area contributed by atoms with Gasteiger partial charge in [0.05, 0.1) is 24.3 Å². The fourth-order valence-electron chi connectivity index (χ4n) is 4.68. The fraction of sp³-hybridized carbons (Fsp3) is 0.583. The highest BCUT2D eigenvalue weighted by atomic mass is 35.5. The Balaban J connectivity index is 1.87.